The molecule has 0 bridgehead atoms. The first-order valence-corrected chi connectivity index (χ1v) is 7.28. The Balaban J connectivity index is 2.28. The number of halogens is 2. The van der Waals surface area contributed by atoms with Crippen LogP contribution >= 0.6 is 0 Å². The molecule has 23 heavy (non-hydrogen) atoms. The van der Waals surface area contributed by atoms with Crippen LogP contribution in [0.2, 0.25) is 0 Å². The van der Waals surface area contributed by atoms with Gasteiger partial charge in [0.25, 0.3) is 0 Å². The Morgan fingerprint density at radius 3 is 2.43 bits per heavy atom. The average molecular weight is 320 g/mol. The van der Waals surface area contributed by atoms with E-state index < -0.39 is 29.9 Å². The molecule has 6 heteroatoms. The van der Waals surface area contributed by atoms with Gasteiger partial charge in [0.2, 0.25) is 0 Å². The first-order chi connectivity index (χ1) is 10.7. The van der Waals surface area contributed by atoms with Crippen LogP contribution in [0.25, 0.3) is 6.08 Å². The number of benzene rings is 1. The van der Waals surface area contributed by atoms with Crippen LogP contribution in [0.1, 0.15) is 38.8 Å². The van der Waals surface area contributed by atoms with Crippen molar-refractivity contribution in [3.8, 4) is 11.8 Å². The number of aliphatic hydroxyl groups is 1. The normalized spacial score (nSPS) is 19.4. The van der Waals surface area contributed by atoms with Crippen molar-refractivity contribution in [2.45, 2.75) is 38.9 Å². The van der Waals surface area contributed by atoms with Gasteiger partial charge in [-0.1, -0.05) is 11.8 Å². The maximum Gasteiger partial charge on any atom is 0.525 e. The Bertz CT molecular complexity index is 671. The highest BCUT2D eigenvalue weighted by Gasteiger charge is 2.53. The molecule has 0 aromatic heterocycles. The maximum absolute atomic E-state index is 14.4. The van der Waals surface area contributed by atoms with Crippen LogP contribution in [0.4, 0.5) is 8.78 Å². The Kier molecular flexibility index (Phi) is 4.95. The third-order valence-corrected chi connectivity index (χ3v) is 4.08. The zero-order valence-electron chi connectivity index (χ0n) is 13.6. The van der Waals surface area contributed by atoms with Crippen molar-refractivity contribution >= 4 is 13.2 Å². The van der Waals surface area contributed by atoms with E-state index >= 15 is 0 Å². The molecule has 0 spiro atoms. The minimum atomic E-state index is -1.17. The number of hydrogen-bond donors (Lipinski definition) is 1. The summed E-state index contributed by atoms with van der Waals surface area (Å²) in [5, 5.41) is 8.69. The lowest BCUT2D eigenvalue weighted by atomic mass is 9.86. The molecule has 0 amide bonds. The molecule has 1 fully saturated rings. The fourth-order valence-electron chi connectivity index (χ4n) is 2.05. The Morgan fingerprint density at radius 2 is 1.87 bits per heavy atom. The monoisotopic (exact) mass is 320 g/mol. The highest BCUT2D eigenvalue weighted by molar-refractivity contribution is 6.54. The molecule has 1 heterocycles. The largest absolute Gasteiger partial charge is 0.525 e. The van der Waals surface area contributed by atoms with E-state index in [4.69, 9.17) is 14.4 Å². The smallest absolute Gasteiger partial charge is 0.398 e. The molecule has 0 saturated carbocycles. The third kappa shape index (κ3) is 3.81. The number of rotatable bonds is 2. The van der Waals surface area contributed by atoms with Gasteiger partial charge in [0.15, 0.2) is 0 Å². The highest BCUT2D eigenvalue weighted by atomic mass is 19.1. The van der Waals surface area contributed by atoms with Crippen LogP contribution in [0.3, 0.4) is 0 Å². The van der Waals surface area contributed by atoms with Gasteiger partial charge in [-0.2, -0.15) is 0 Å². The second kappa shape index (κ2) is 6.44. The van der Waals surface area contributed by atoms with Crippen molar-refractivity contribution in [2.75, 3.05) is 6.61 Å². The molecule has 1 aromatic rings. The summed E-state index contributed by atoms with van der Waals surface area (Å²) in [6.07, 6.45) is 1.04. The van der Waals surface area contributed by atoms with E-state index in [9.17, 15) is 8.78 Å². The van der Waals surface area contributed by atoms with E-state index in [1.807, 2.05) is 27.7 Å². The molecule has 3 nitrogen and oxygen atoms in total. The van der Waals surface area contributed by atoms with E-state index in [1.54, 1.807) is 0 Å². The van der Waals surface area contributed by atoms with Crippen LogP contribution in [0.5, 0.6) is 0 Å². The van der Waals surface area contributed by atoms with Gasteiger partial charge in [-0.05, 0) is 52.0 Å². The fraction of sp³-hybridized carbons (Fsp3) is 0.412. The van der Waals surface area contributed by atoms with Crippen molar-refractivity contribution in [1.82, 2.24) is 0 Å². The second-order valence-electron chi connectivity index (χ2n) is 6.31. The van der Waals surface area contributed by atoms with Gasteiger partial charge in [-0.25, -0.2) is 8.78 Å². The molecule has 0 aliphatic carbocycles. The average Bonchev–Trinajstić information content (AvgIpc) is 2.68. The molecule has 0 radical (unpaired) electrons. The van der Waals surface area contributed by atoms with Crippen molar-refractivity contribution in [2.24, 2.45) is 0 Å². The molecule has 1 aliphatic rings. The molecular weight excluding hydrogens is 301 g/mol. The highest BCUT2D eigenvalue weighted by Crippen LogP contribution is 2.39. The van der Waals surface area contributed by atoms with Gasteiger partial charge in [0.05, 0.1) is 11.2 Å². The van der Waals surface area contributed by atoms with Crippen LogP contribution in [-0.2, 0) is 9.31 Å². The van der Waals surface area contributed by atoms with Crippen LogP contribution in [0, 0.1) is 17.7 Å². The summed E-state index contributed by atoms with van der Waals surface area (Å²) >= 11 is 0. The summed E-state index contributed by atoms with van der Waals surface area (Å²) in [6.45, 7) is 6.95. The SMILES string of the molecule is CC1(C)OB(C(F)=Cc2cc(C#CCO)ccc2F)OC1(C)C. The number of aliphatic hydroxyl groups excluding tert-OH is 1. The van der Waals surface area contributed by atoms with Crippen molar-refractivity contribution < 1.29 is 23.2 Å². The molecule has 1 saturated heterocycles. The minimum Gasteiger partial charge on any atom is -0.398 e. The molecule has 122 valence electrons. The van der Waals surface area contributed by atoms with Gasteiger partial charge >= 0.3 is 7.12 Å². The minimum absolute atomic E-state index is 0.0435. The zero-order chi connectivity index (χ0) is 17.3. The van der Waals surface area contributed by atoms with Gasteiger partial charge in [0, 0.05) is 11.1 Å². The zero-order valence-corrected chi connectivity index (χ0v) is 13.6. The van der Waals surface area contributed by atoms with Gasteiger partial charge in [-0.15, -0.1) is 0 Å². The van der Waals surface area contributed by atoms with E-state index in [2.05, 4.69) is 11.8 Å². The third-order valence-electron chi connectivity index (χ3n) is 4.08. The Hall–Kier alpha value is -1.68. The predicted octanol–water partition coefficient (Wildman–Crippen LogP) is 3.11. The van der Waals surface area contributed by atoms with Gasteiger partial charge in [-0.3, -0.25) is 0 Å². The lowest BCUT2D eigenvalue weighted by Gasteiger charge is -2.32. The first kappa shape index (κ1) is 17.7. The van der Waals surface area contributed by atoms with Crippen LogP contribution in [0.15, 0.2) is 23.9 Å². The Morgan fingerprint density at radius 1 is 1.26 bits per heavy atom. The van der Waals surface area contributed by atoms with Crippen LogP contribution < -0.4 is 0 Å². The lowest BCUT2D eigenvalue weighted by Crippen LogP contribution is -2.41. The maximum atomic E-state index is 14.4. The Labute approximate surface area is 135 Å². The fourth-order valence-corrected chi connectivity index (χ4v) is 2.05. The van der Waals surface area contributed by atoms with Crippen molar-refractivity contribution in [3.63, 3.8) is 0 Å². The summed E-state index contributed by atoms with van der Waals surface area (Å²) in [5.41, 5.74) is -1.53. The predicted molar refractivity (Wildman–Crippen MR) is 85.5 cm³/mol. The van der Waals surface area contributed by atoms with Crippen LogP contribution in [-0.4, -0.2) is 30.0 Å². The van der Waals surface area contributed by atoms with E-state index in [1.165, 1.54) is 18.2 Å². The summed E-state index contributed by atoms with van der Waals surface area (Å²) in [7, 11) is -1.17. The standard InChI is InChI=1S/C17H19BF2O3/c1-16(2)17(3,4)23-18(22-16)15(20)11-13-10-12(6-5-9-21)7-8-14(13)19/h7-8,10-11,21H,9H2,1-4H3. The van der Waals surface area contributed by atoms with Gasteiger partial charge < -0.3 is 14.4 Å². The molecule has 1 aromatic carbocycles. The molecule has 2 rings (SSSR count). The van der Waals surface area contributed by atoms with Crippen molar-refractivity contribution in [3.05, 3.63) is 40.9 Å². The molecule has 0 atom stereocenters. The van der Waals surface area contributed by atoms with Gasteiger partial charge in [0.1, 0.15) is 18.2 Å². The summed E-state index contributed by atoms with van der Waals surface area (Å²) in [5.74, 6) is 4.53. The quantitative estimate of drug-likeness (QED) is 0.672. The van der Waals surface area contributed by atoms with E-state index in [0.29, 0.717) is 5.56 Å². The first-order valence-electron chi connectivity index (χ1n) is 7.28. The molecular formula is C17H19BF2O3. The number of hydrogen-bond acceptors (Lipinski definition) is 3. The topological polar surface area (TPSA) is 38.7 Å². The summed E-state index contributed by atoms with van der Waals surface area (Å²) in [6, 6.07) is 4.07. The summed E-state index contributed by atoms with van der Waals surface area (Å²) in [4.78, 5) is 0. The summed E-state index contributed by atoms with van der Waals surface area (Å²) < 4.78 is 39.4. The second-order valence-corrected chi connectivity index (χ2v) is 6.31. The van der Waals surface area contributed by atoms with E-state index in [-0.39, 0.29) is 12.2 Å². The molecule has 0 unspecified atom stereocenters. The molecule has 1 N–H and O–H groups in total. The lowest BCUT2D eigenvalue weighted by molar-refractivity contribution is 0.00578. The molecule has 1 aliphatic heterocycles. The van der Waals surface area contributed by atoms with E-state index in [0.717, 1.165) is 6.08 Å². The van der Waals surface area contributed by atoms with Crippen molar-refractivity contribution in [1.29, 1.82) is 0 Å².